The summed E-state index contributed by atoms with van der Waals surface area (Å²) in [5, 5.41) is 3.18. The van der Waals surface area contributed by atoms with E-state index in [-0.39, 0.29) is 5.56 Å². The molecule has 1 aromatic heterocycles. The van der Waals surface area contributed by atoms with E-state index < -0.39 is 23.5 Å². The first-order valence-electron chi connectivity index (χ1n) is 6.79. The summed E-state index contributed by atoms with van der Waals surface area (Å²) in [6.07, 6.45) is 1.46. The molecule has 0 spiro atoms. The number of benzene rings is 1. The van der Waals surface area contributed by atoms with E-state index in [1.807, 2.05) is 4.90 Å². The summed E-state index contributed by atoms with van der Waals surface area (Å²) < 4.78 is 46.8. The second kappa shape index (κ2) is 5.91. The topological polar surface area (TPSA) is 28.4 Å². The van der Waals surface area contributed by atoms with Crippen LogP contribution >= 0.6 is 0 Å². The van der Waals surface area contributed by atoms with Crippen molar-refractivity contribution in [3.8, 4) is 0 Å². The Hall–Kier alpha value is -1.79. The number of hydrogen-bond acceptors (Lipinski definition) is 3. The highest BCUT2D eigenvalue weighted by Gasteiger charge is 2.31. The molecule has 1 aromatic carbocycles. The third-order valence-electron chi connectivity index (χ3n) is 3.65. The Labute approximate surface area is 120 Å². The SMILES string of the molecule is Fc1cc(F)c([C@H](c2ccco2)N2CCNCC2)c(F)c1. The predicted octanol–water partition coefficient (Wildman–Crippen LogP) is 2.69. The van der Waals surface area contributed by atoms with Gasteiger partial charge in [-0.15, -0.1) is 0 Å². The molecule has 1 N–H and O–H groups in total. The van der Waals surface area contributed by atoms with Crippen molar-refractivity contribution in [1.82, 2.24) is 10.2 Å². The Balaban J connectivity index is 2.07. The number of nitrogens with one attached hydrogen (secondary N) is 1. The van der Waals surface area contributed by atoms with Crippen molar-refractivity contribution < 1.29 is 17.6 Å². The van der Waals surface area contributed by atoms with Crippen molar-refractivity contribution in [2.24, 2.45) is 0 Å². The maximum Gasteiger partial charge on any atom is 0.134 e. The van der Waals surface area contributed by atoms with Gasteiger partial charge in [-0.05, 0) is 12.1 Å². The fourth-order valence-electron chi connectivity index (χ4n) is 2.71. The minimum Gasteiger partial charge on any atom is -0.467 e. The zero-order valence-electron chi connectivity index (χ0n) is 11.3. The van der Waals surface area contributed by atoms with Gasteiger partial charge in [-0.1, -0.05) is 0 Å². The van der Waals surface area contributed by atoms with Gasteiger partial charge in [-0.2, -0.15) is 0 Å². The molecule has 0 aliphatic carbocycles. The van der Waals surface area contributed by atoms with Crippen molar-refractivity contribution in [3.63, 3.8) is 0 Å². The summed E-state index contributed by atoms with van der Waals surface area (Å²) in [5.41, 5.74) is -0.173. The third-order valence-corrected chi connectivity index (χ3v) is 3.65. The maximum atomic E-state index is 14.1. The number of furan rings is 1. The van der Waals surface area contributed by atoms with Gasteiger partial charge in [0, 0.05) is 43.9 Å². The summed E-state index contributed by atoms with van der Waals surface area (Å²) in [5.74, 6) is -2.27. The Kier molecular flexibility index (Phi) is 3.98. The average molecular weight is 296 g/mol. The highest BCUT2D eigenvalue weighted by molar-refractivity contribution is 5.30. The van der Waals surface area contributed by atoms with Crippen LogP contribution in [-0.4, -0.2) is 31.1 Å². The normalized spacial score (nSPS) is 17.9. The quantitative estimate of drug-likeness (QED) is 0.944. The molecule has 112 valence electrons. The first-order chi connectivity index (χ1) is 10.2. The molecule has 3 nitrogen and oxygen atoms in total. The molecule has 0 unspecified atom stereocenters. The highest BCUT2D eigenvalue weighted by Crippen LogP contribution is 2.33. The van der Waals surface area contributed by atoms with Gasteiger partial charge in [0.15, 0.2) is 0 Å². The third kappa shape index (κ3) is 2.82. The lowest BCUT2D eigenvalue weighted by atomic mass is 10.0. The summed E-state index contributed by atoms with van der Waals surface area (Å²) in [4.78, 5) is 1.93. The van der Waals surface area contributed by atoms with E-state index in [2.05, 4.69) is 5.32 Å². The first kappa shape index (κ1) is 14.2. The van der Waals surface area contributed by atoms with Crippen molar-refractivity contribution in [2.45, 2.75) is 6.04 Å². The van der Waals surface area contributed by atoms with Crippen molar-refractivity contribution in [2.75, 3.05) is 26.2 Å². The van der Waals surface area contributed by atoms with Crippen LogP contribution in [-0.2, 0) is 0 Å². The van der Waals surface area contributed by atoms with E-state index in [9.17, 15) is 13.2 Å². The van der Waals surface area contributed by atoms with Gasteiger partial charge in [0.25, 0.3) is 0 Å². The monoisotopic (exact) mass is 296 g/mol. The van der Waals surface area contributed by atoms with Gasteiger partial charge in [-0.25, -0.2) is 13.2 Å². The van der Waals surface area contributed by atoms with Crippen molar-refractivity contribution in [3.05, 3.63) is 59.3 Å². The summed E-state index contributed by atoms with van der Waals surface area (Å²) in [6, 6.07) is 4.06. The van der Waals surface area contributed by atoms with Crippen LogP contribution in [0.3, 0.4) is 0 Å². The second-order valence-electron chi connectivity index (χ2n) is 4.99. The standard InChI is InChI=1S/C15H15F3N2O/c16-10-8-11(17)14(12(18)9-10)15(13-2-1-7-21-13)20-5-3-19-4-6-20/h1-2,7-9,15,19H,3-6H2/t15-/m0/s1. The van der Waals surface area contributed by atoms with Crippen LogP contribution in [0.15, 0.2) is 34.9 Å². The summed E-state index contributed by atoms with van der Waals surface area (Å²) in [7, 11) is 0. The Morgan fingerprint density at radius 2 is 1.76 bits per heavy atom. The molecule has 21 heavy (non-hydrogen) atoms. The van der Waals surface area contributed by atoms with Crippen LogP contribution in [0.5, 0.6) is 0 Å². The number of halogens is 3. The number of piperazine rings is 1. The Morgan fingerprint density at radius 3 is 2.33 bits per heavy atom. The lowest BCUT2D eigenvalue weighted by molar-refractivity contribution is 0.173. The molecule has 0 amide bonds. The molecule has 1 saturated heterocycles. The zero-order valence-corrected chi connectivity index (χ0v) is 11.3. The minimum absolute atomic E-state index is 0.173. The van der Waals surface area contributed by atoms with Gasteiger partial charge in [0.05, 0.1) is 12.3 Å². The largest absolute Gasteiger partial charge is 0.467 e. The van der Waals surface area contributed by atoms with Gasteiger partial charge < -0.3 is 9.73 Å². The van der Waals surface area contributed by atoms with Gasteiger partial charge in [-0.3, -0.25) is 4.90 Å². The van der Waals surface area contributed by atoms with Crippen LogP contribution in [0.1, 0.15) is 17.4 Å². The first-order valence-corrected chi connectivity index (χ1v) is 6.79. The average Bonchev–Trinajstić information content (AvgIpc) is 2.97. The molecule has 0 bridgehead atoms. The van der Waals surface area contributed by atoms with Crippen LogP contribution in [0.4, 0.5) is 13.2 Å². The second-order valence-corrected chi connectivity index (χ2v) is 4.99. The molecule has 3 rings (SSSR count). The van der Waals surface area contributed by atoms with Crippen LogP contribution in [0.25, 0.3) is 0 Å². The molecular formula is C15H15F3N2O. The molecule has 1 atom stereocenters. The molecule has 0 saturated carbocycles. The number of nitrogens with zero attached hydrogens (tertiary/aromatic N) is 1. The predicted molar refractivity (Wildman–Crippen MR) is 71.3 cm³/mol. The highest BCUT2D eigenvalue weighted by atomic mass is 19.1. The van der Waals surface area contributed by atoms with E-state index in [1.165, 1.54) is 6.26 Å². The minimum atomic E-state index is -0.924. The fourth-order valence-corrected chi connectivity index (χ4v) is 2.71. The van der Waals surface area contributed by atoms with E-state index in [0.29, 0.717) is 31.0 Å². The van der Waals surface area contributed by atoms with Crippen molar-refractivity contribution in [1.29, 1.82) is 0 Å². The lowest BCUT2D eigenvalue weighted by Crippen LogP contribution is -2.45. The molecule has 0 radical (unpaired) electrons. The fraction of sp³-hybridized carbons (Fsp3) is 0.333. The van der Waals surface area contributed by atoms with Crippen LogP contribution in [0, 0.1) is 17.5 Å². The zero-order chi connectivity index (χ0) is 14.8. The number of rotatable bonds is 3. The lowest BCUT2D eigenvalue weighted by Gasteiger charge is -2.34. The van der Waals surface area contributed by atoms with Crippen LogP contribution < -0.4 is 5.32 Å². The van der Waals surface area contributed by atoms with Gasteiger partial charge in [0.1, 0.15) is 23.2 Å². The van der Waals surface area contributed by atoms with E-state index in [1.54, 1.807) is 12.1 Å². The number of hydrogen-bond donors (Lipinski definition) is 1. The molecule has 2 aromatic rings. The molecular weight excluding hydrogens is 281 g/mol. The molecule has 1 fully saturated rings. The van der Waals surface area contributed by atoms with E-state index in [4.69, 9.17) is 4.42 Å². The molecule has 6 heteroatoms. The summed E-state index contributed by atoms with van der Waals surface area (Å²) in [6.45, 7) is 2.70. The Morgan fingerprint density at radius 1 is 1.10 bits per heavy atom. The van der Waals surface area contributed by atoms with Gasteiger partial charge >= 0.3 is 0 Å². The summed E-state index contributed by atoms with van der Waals surface area (Å²) >= 11 is 0. The van der Waals surface area contributed by atoms with E-state index in [0.717, 1.165) is 13.1 Å². The van der Waals surface area contributed by atoms with Gasteiger partial charge in [0.2, 0.25) is 0 Å². The maximum absolute atomic E-state index is 14.1. The molecule has 2 heterocycles. The van der Waals surface area contributed by atoms with E-state index >= 15 is 0 Å². The molecule has 1 aliphatic heterocycles. The van der Waals surface area contributed by atoms with Crippen LogP contribution in [0.2, 0.25) is 0 Å². The molecule has 1 aliphatic rings. The Bertz CT molecular complexity index is 586. The van der Waals surface area contributed by atoms with Crippen molar-refractivity contribution >= 4 is 0 Å². The smallest absolute Gasteiger partial charge is 0.134 e.